The molecule has 27 heavy (non-hydrogen) atoms. The minimum atomic E-state index is -0.640. The molecule has 1 aromatic rings. The zero-order chi connectivity index (χ0) is 18.4. The molecule has 0 spiro atoms. The van der Waals surface area contributed by atoms with E-state index in [1.54, 1.807) is 4.90 Å². The Morgan fingerprint density at radius 1 is 1.00 bits per heavy atom. The first-order valence-corrected chi connectivity index (χ1v) is 9.07. The smallest absolute Gasteiger partial charge is 0.244 e. The standard InChI is InChI=1S/C19H30N4O2.2ClH/c1-4-21(5-2)14-17(24)22-10-12-23(13-11-22)19(25)18(20)16-8-6-15(3)7-9-16;;/h6-9,18H,4-5,10-14,20H2,1-3H3;2*1H. The molecule has 1 aromatic carbocycles. The molecule has 0 radical (unpaired) electrons. The number of nitrogens with two attached hydrogens (primary N) is 1. The van der Waals surface area contributed by atoms with E-state index < -0.39 is 6.04 Å². The predicted octanol–water partition coefficient (Wildman–Crippen LogP) is 1.85. The van der Waals surface area contributed by atoms with Crippen LogP contribution in [0.25, 0.3) is 0 Å². The number of carbonyl (C=O) groups excluding carboxylic acids is 2. The summed E-state index contributed by atoms with van der Waals surface area (Å²) in [6.07, 6.45) is 0. The lowest BCUT2D eigenvalue weighted by Crippen LogP contribution is -2.54. The van der Waals surface area contributed by atoms with Gasteiger partial charge in [-0.1, -0.05) is 43.7 Å². The molecular weight excluding hydrogens is 387 g/mol. The van der Waals surface area contributed by atoms with Crippen LogP contribution in [0.1, 0.15) is 31.0 Å². The molecule has 1 heterocycles. The van der Waals surface area contributed by atoms with Gasteiger partial charge in [0.05, 0.1) is 6.54 Å². The number of aryl methyl sites for hydroxylation is 1. The van der Waals surface area contributed by atoms with Gasteiger partial charge in [-0.25, -0.2) is 0 Å². The predicted molar refractivity (Wildman–Crippen MR) is 114 cm³/mol. The number of benzene rings is 1. The largest absolute Gasteiger partial charge is 0.338 e. The van der Waals surface area contributed by atoms with Gasteiger partial charge in [0.15, 0.2) is 0 Å². The Morgan fingerprint density at radius 3 is 1.96 bits per heavy atom. The van der Waals surface area contributed by atoms with Crippen LogP contribution in [-0.4, -0.2) is 72.3 Å². The van der Waals surface area contributed by atoms with Gasteiger partial charge in [-0.05, 0) is 25.6 Å². The summed E-state index contributed by atoms with van der Waals surface area (Å²) in [6, 6.07) is 7.10. The minimum absolute atomic E-state index is 0. The van der Waals surface area contributed by atoms with E-state index in [1.165, 1.54) is 0 Å². The zero-order valence-electron chi connectivity index (χ0n) is 16.4. The average molecular weight is 419 g/mol. The molecule has 0 aromatic heterocycles. The Kier molecular flexibility index (Phi) is 11.6. The number of piperazine rings is 1. The molecule has 1 unspecified atom stereocenters. The molecule has 1 saturated heterocycles. The molecule has 0 saturated carbocycles. The molecule has 154 valence electrons. The van der Waals surface area contributed by atoms with Crippen LogP contribution in [0.4, 0.5) is 0 Å². The molecule has 0 bridgehead atoms. The van der Waals surface area contributed by atoms with Gasteiger partial charge in [0.1, 0.15) is 6.04 Å². The first kappa shape index (κ1) is 25.7. The Bertz CT molecular complexity index is 586. The van der Waals surface area contributed by atoms with E-state index in [0.29, 0.717) is 32.7 Å². The molecular formula is C19H32Cl2N4O2. The summed E-state index contributed by atoms with van der Waals surface area (Å²) in [5, 5.41) is 0. The number of amides is 2. The van der Waals surface area contributed by atoms with Crippen molar-refractivity contribution >= 4 is 36.6 Å². The van der Waals surface area contributed by atoms with Crippen LogP contribution in [-0.2, 0) is 9.59 Å². The molecule has 6 nitrogen and oxygen atoms in total. The molecule has 1 aliphatic rings. The number of likely N-dealkylation sites (N-methyl/N-ethyl adjacent to an activating group) is 1. The van der Waals surface area contributed by atoms with Gasteiger partial charge in [-0.2, -0.15) is 0 Å². The van der Waals surface area contributed by atoms with Crippen molar-refractivity contribution in [3.63, 3.8) is 0 Å². The van der Waals surface area contributed by atoms with Gasteiger partial charge < -0.3 is 15.5 Å². The van der Waals surface area contributed by atoms with Crippen LogP contribution < -0.4 is 5.73 Å². The van der Waals surface area contributed by atoms with Crippen LogP contribution in [0.15, 0.2) is 24.3 Å². The molecule has 2 N–H and O–H groups in total. The van der Waals surface area contributed by atoms with Crippen molar-refractivity contribution in [3.8, 4) is 0 Å². The molecule has 2 amide bonds. The third-order valence-corrected chi connectivity index (χ3v) is 4.90. The average Bonchev–Trinajstić information content (AvgIpc) is 2.65. The van der Waals surface area contributed by atoms with Crippen LogP contribution in [0.3, 0.4) is 0 Å². The highest BCUT2D eigenvalue weighted by Crippen LogP contribution is 2.15. The van der Waals surface area contributed by atoms with Crippen molar-refractivity contribution in [2.24, 2.45) is 5.73 Å². The second-order valence-electron chi connectivity index (χ2n) is 6.56. The number of hydrogen-bond donors (Lipinski definition) is 1. The van der Waals surface area contributed by atoms with Crippen molar-refractivity contribution < 1.29 is 9.59 Å². The highest BCUT2D eigenvalue weighted by Gasteiger charge is 2.28. The maximum absolute atomic E-state index is 12.6. The lowest BCUT2D eigenvalue weighted by molar-refractivity contribution is -0.141. The SMILES string of the molecule is CCN(CC)CC(=O)N1CCN(C(=O)C(N)c2ccc(C)cc2)CC1.Cl.Cl. The first-order chi connectivity index (χ1) is 12.0. The van der Waals surface area contributed by atoms with Gasteiger partial charge in [0.2, 0.25) is 11.8 Å². The van der Waals surface area contributed by atoms with Gasteiger partial charge >= 0.3 is 0 Å². The summed E-state index contributed by atoms with van der Waals surface area (Å²) >= 11 is 0. The summed E-state index contributed by atoms with van der Waals surface area (Å²) in [5.74, 6) is 0.0679. The van der Waals surface area contributed by atoms with Gasteiger partial charge in [0.25, 0.3) is 0 Å². The summed E-state index contributed by atoms with van der Waals surface area (Å²) in [6.45, 7) is 10.5. The van der Waals surface area contributed by atoms with Crippen molar-refractivity contribution in [2.75, 3.05) is 45.8 Å². The maximum atomic E-state index is 12.6. The molecule has 1 fully saturated rings. The lowest BCUT2D eigenvalue weighted by Gasteiger charge is -2.36. The fourth-order valence-electron chi connectivity index (χ4n) is 3.03. The van der Waals surface area contributed by atoms with Crippen LogP contribution in [0.2, 0.25) is 0 Å². The fourth-order valence-corrected chi connectivity index (χ4v) is 3.03. The third-order valence-electron chi connectivity index (χ3n) is 4.90. The summed E-state index contributed by atoms with van der Waals surface area (Å²) in [5.41, 5.74) is 8.11. The lowest BCUT2D eigenvalue weighted by atomic mass is 10.0. The fraction of sp³-hybridized carbons (Fsp3) is 0.579. The van der Waals surface area contributed by atoms with Crippen molar-refractivity contribution in [1.29, 1.82) is 0 Å². The first-order valence-electron chi connectivity index (χ1n) is 9.07. The van der Waals surface area contributed by atoms with Gasteiger partial charge in [0, 0.05) is 26.2 Å². The molecule has 8 heteroatoms. The van der Waals surface area contributed by atoms with Crippen LogP contribution in [0.5, 0.6) is 0 Å². The Hall–Kier alpha value is -1.34. The Morgan fingerprint density at radius 2 is 1.48 bits per heavy atom. The van der Waals surface area contributed by atoms with E-state index in [2.05, 4.69) is 18.7 Å². The highest BCUT2D eigenvalue weighted by atomic mass is 35.5. The number of carbonyl (C=O) groups is 2. The number of halogens is 2. The Labute approximate surface area is 174 Å². The van der Waals surface area contributed by atoms with E-state index in [0.717, 1.165) is 24.2 Å². The minimum Gasteiger partial charge on any atom is -0.338 e. The van der Waals surface area contributed by atoms with Gasteiger partial charge in [-0.15, -0.1) is 24.8 Å². The number of rotatable bonds is 6. The summed E-state index contributed by atoms with van der Waals surface area (Å²) < 4.78 is 0. The molecule has 1 atom stereocenters. The topological polar surface area (TPSA) is 69.9 Å². The normalized spacial score (nSPS) is 15.0. The van der Waals surface area contributed by atoms with Crippen molar-refractivity contribution in [2.45, 2.75) is 26.8 Å². The third kappa shape index (κ3) is 6.96. The molecule has 2 rings (SSSR count). The molecule has 0 aliphatic carbocycles. The van der Waals surface area contributed by atoms with Crippen molar-refractivity contribution in [1.82, 2.24) is 14.7 Å². The van der Waals surface area contributed by atoms with E-state index >= 15 is 0 Å². The monoisotopic (exact) mass is 418 g/mol. The van der Waals surface area contributed by atoms with E-state index in [1.807, 2.05) is 36.1 Å². The maximum Gasteiger partial charge on any atom is 0.244 e. The van der Waals surface area contributed by atoms with E-state index in [4.69, 9.17) is 5.73 Å². The highest BCUT2D eigenvalue weighted by molar-refractivity contribution is 5.85. The number of hydrogen-bond acceptors (Lipinski definition) is 4. The van der Waals surface area contributed by atoms with Crippen LogP contribution >= 0.6 is 24.8 Å². The Balaban J connectivity index is 0.00000338. The second kappa shape index (κ2) is 12.2. The van der Waals surface area contributed by atoms with Crippen LogP contribution in [0, 0.1) is 6.92 Å². The second-order valence-corrected chi connectivity index (χ2v) is 6.56. The van der Waals surface area contributed by atoms with E-state index in [9.17, 15) is 9.59 Å². The van der Waals surface area contributed by atoms with Gasteiger partial charge in [-0.3, -0.25) is 14.5 Å². The summed E-state index contributed by atoms with van der Waals surface area (Å²) in [7, 11) is 0. The van der Waals surface area contributed by atoms with E-state index in [-0.39, 0.29) is 36.6 Å². The summed E-state index contributed by atoms with van der Waals surface area (Å²) in [4.78, 5) is 30.7. The quantitative estimate of drug-likeness (QED) is 0.764. The zero-order valence-corrected chi connectivity index (χ0v) is 18.0. The number of nitrogens with zero attached hydrogens (tertiary/aromatic N) is 3. The van der Waals surface area contributed by atoms with Crippen molar-refractivity contribution in [3.05, 3.63) is 35.4 Å². The molecule has 1 aliphatic heterocycles.